The minimum Gasteiger partial charge on any atom is -0.390 e. The number of nitrogens with zero attached hydrogens (tertiary/aromatic N) is 2. The molecule has 1 aromatic rings. The van der Waals surface area contributed by atoms with Gasteiger partial charge in [0.05, 0.1) is 18.3 Å². The highest BCUT2D eigenvalue weighted by molar-refractivity contribution is 5.82. The lowest BCUT2D eigenvalue weighted by molar-refractivity contribution is -0.130. The molecule has 0 aromatic carbocycles. The first kappa shape index (κ1) is 23.0. The Labute approximate surface area is 189 Å². The molecule has 0 unspecified atom stereocenters. The molecular weight excluding hydrogens is 384 g/mol. The number of aliphatic hydroxyl groups is 1. The number of fused-ring (bicyclic) bond motifs is 3. The fraction of sp³-hybridized carbons (Fsp3) is 0.852. The number of aromatic nitrogens is 2. The summed E-state index contributed by atoms with van der Waals surface area (Å²) in [6.45, 7) is 9.11. The third-order valence-electron chi connectivity index (χ3n) is 9.83. The van der Waals surface area contributed by atoms with Crippen molar-refractivity contribution >= 4 is 5.78 Å². The van der Waals surface area contributed by atoms with Gasteiger partial charge in [0.2, 0.25) is 0 Å². The summed E-state index contributed by atoms with van der Waals surface area (Å²) >= 11 is 0. The first-order chi connectivity index (χ1) is 14.8. The molecule has 0 saturated heterocycles. The topological polar surface area (TPSA) is 55.1 Å². The Bertz CT molecular complexity index is 769. The average Bonchev–Trinajstić information content (AvgIpc) is 3.35. The molecule has 1 aromatic heterocycles. The van der Waals surface area contributed by atoms with E-state index in [4.69, 9.17) is 0 Å². The summed E-state index contributed by atoms with van der Waals surface area (Å²) in [6, 6.07) is 0. The number of Topliss-reactive ketones (excluding diaryl/α,β-unsaturated/α-hetero) is 1. The highest BCUT2D eigenvalue weighted by Gasteiger charge is 2.56. The molecule has 4 nitrogen and oxygen atoms in total. The molecule has 3 aliphatic rings. The van der Waals surface area contributed by atoms with Crippen LogP contribution < -0.4 is 0 Å². The van der Waals surface area contributed by atoms with Crippen molar-refractivity contribution in [3.8, 4) is 0 Å². The number of hydrogen-bond acceptors (Lipinski definition) is 3. The van der Waals surface area contributed by atoms with E-state index in [2.05, 4.69) is 25.9 Å². The fourth-order valence-corrected chi connectivity index (χ4v) is 7.65. The van der Waals surface area contributed by atoms with Crippen LogP contribution in [0.15, 0.2) is 12.4 Å². The Kier molecular flexibility index (Phi) is 6.68. The Morgan fingerprint density at radius 1 is 1.23 bits per heavy atom. The normalized spacial score (nSPS) is 37.1. The van der Waals surface area contributed by atoms with Crippen molar-refractivity contribution in [3.63, 3.8) is 0 Å². The SMILES string of the molecule is CCc1cnn(CC(=O)[C@H]2CC[C@H]3[C@@H]4CCC[C@H](CC[C@@](C)(O)CC)[C@H]4CC[C@]23C)c1. The minimum atomic E-state index is -0.509. The van der Waals surface area contributed by atoms with E-state index in [0.717, 1.165) is 43.4 Å². The average molecular weight is 429 g/mol. The Hall–Kier alpha value is -1.16. The lowest BCUT2D eigenvalue weighted by atomic mass is 9.52. The smallest absolute Gasteiger partial charge is 0.157 e. The van der Waals surface area contributed by atoms with E-state index < -0.39 is 5.60 Å². The third kappa shape index (κ3) is 4.51. The van der Waals surface area contributed by atoms with Crippen molar-refractivity contribution in [2.75, 3.05) is 0 Å². The van der Waals surface area contributed by atoms with Crippen molar-refractivity contribution in [2.24, 2.45) is 35.0 Å². The zero-order chi connectivity index (χ0) is 22.2. The van der Waals surface area contributed by atoms with Crippen molar-refractivity contribution in [2.45, 2.75) is 110 Å². The van der Waals surface area contributed by atoms with Crippen LogP contribution in [0, 0.1) is 35.0 Å². The maximum Gasteiger partial charge on any atom is 0.157 e. The van der Waals surface area contributed by atoms with Crippen LogP contribution in [0.4, 0.5) is 0 Å². The number of rotatable bonds is 8. The molecule has 4 rings (SSSR count). The van der Waals surface area contributed by atoms with Crippen LogP contribution in [0.3, 0.4) is 0 Å². The van der Waals surface area contributed by atoms with Crippen LogP contribution in [0.25, 0.3) is 0 Å². The van der Waals surface area contributed by atoms with Crippen LogP contribution in [-0.4, -0.2) is 26.3 Å². The summed E-state index contributed by atoms with van der Waals surface area (Å²) in [5.41, 5.74) is 0.875. The molecule has 0 aliphatic heterocycles. The van der Waals surface area contributed by atoms with Crippen molar-refractivity contribution in [1.29, 1.82) is 0 Å². The van der Waals surface area contributed by atoms with Gasteiger partial charge in [-0.05, 0) is 99.4 Å². The van der Waals surface area contributed by atoms with E-state index in [9.17, 15) is 9.90 Å². The number of ketones is 1. The molecule has 0 amide bonds. The van der Waals surface area contributed by atoms with Gasteiger partial charge in [0, 0.05) is 12.1 Å². The predicted octanol–water partition coefficient (Wildman–Crippen LogP) is 5.81. The molecular formula is C27H44N2O2. The number of hydrogen-bond donors (Lipinski definition) is 1. The van der Waals surface area contributed by atoms with Crippen LogP contribution in [-0.2, 0) is 17.8 Å². The highest BCUT2D eigenvalue weighted by Crippen LogP contribution is 2.63. The molecule has 174 valence electrons. The molecule has 3 saturated carbocycles. The second kappa shape index (κ2) is 9.00. The zero-order valence-corrected chi connectivity index (χ0v) is 20.3. The number of carbonyl (C=O) groups excluding carboxylic acids is 1. The van der Waals surface area contributed by atoms with Gasteiger partial charge < -0.3 is 5.11 Å². The van der Waals surface area contributed by atoms with E-state index in [-0.39, 0.29) is 11.3 Å². The fourth-order valence-electron chi connectivity index (χ4n) is 7.65. The van der Waals surface area contributed by atoms with Gasteiger partial charge in [-0.15, -0.1) is 0 Å². The predicted molar refractivity (Wildman–Crippen MR) is 125 cm³/mol. The molecule has 1 heterocycles. The quantitative estimate of drug-likeness (QED) is 0.568. The van der Waals surface area contributed by atoms with Crippen molar-refractivity contribution in [3.05, 3.63) is 18.0 Å². The van der Waals surface area contributed by atoms with Gasteiger partial charge in [0.15, 0.2) is 5.78 Å². The Morgan fingerprint density at radius 2 is 2.03 bits per heavy atom. The zero-order valence-electron chi connectivity index (χ0n) is 20.3. The van der Waals surface area contributed by atoms with Crippen LogP contribution in [0.1, 0.15) is 97.5 Å². The van der Waals surface area contributed by atoms with E-state index in [1.165, 1.54) is 50.5 Å². The van der Waals surface area contributed by atoms with Gasteiger partial charge in [-0.3, -0.25) is 9.48 Å². The van der Waals surface area contributed by atoms with Crippen LogP contribution >= 0.6 is 0 Å². The Balaban J connectivity index is 1.43. The summed E-state index contributed by atoms with van der Waals surface area (Å²) in [5.74, 6) is 3.69. The van der Waals surface area contributed by atoms with Crippen LogP contribution in [0.5, 0.6) is 0 Å². The Morgan fingerprint density at radius 3 is 2.74 bits per heavy atom. The summed E-state index contributed by atoms with van der Waals surface area (Å²) in [6.07, 6.45) is 16.7. The van der Waals surface area contributed by atoms with Gasteiger partial charge in [0.25, 0.3) is 0 Å². The molecule has 0 spiro atoms. The van der Waals surface area contributed by atoms with E-state index in [1.807, 2.05) is 24.0 Å². The standard InChI is InChI=1S/C27H44N2O2/c1-5-19-16-28-29(17-19)18-25(30)24-11-10-23-22-9-7-8-20(12-14-26(3,31)6-2)21(22)13-15-27(23,24)4/h16-17,20-24,31H,5-15,18H2,1-4H3/t20-,21-,22-,23+,24-,26+,27+/m1/s1. The molecule has 3 aliphatic carbocycles. The van der Waals surface area contributed by atoms with E-state index in [1.54, 1.807) is 0 Å². The molecule has 3 fully saturated rings. The summed E-state index contributed by atoms with van der Waals surface area (Å²) in [4.78, 5) is 13.4. The summed E-state index contributed by atoms with van der Waals surface area (Å²) < 4.78 is 1.86. The third-order valence-corrected chi connectivity index (χ3v) is 9.83. The second-order valence-electron chi connectivity index (χ2n) is 11.6. The van der Waals surface area contributed by atoms with Gasteiger partial charge in [-0.25, -0.2) is 0 Å². The molecule has 4 heteroatoms. The van der Waals surface area contributed by atoms with Gasteiger partial charge >= 0.3 is 0 Å². The summed E-state index contributed by atoms with van der Waals surface area (Å²) in [5, 5.41) is 15.0. The molecule has 7 atom stereocenters. The monoisotopic (exact) mass is 428 g/mol. The minimum absolute atomic E-state index is 0.176. The first-order valence-corrected chi connectivity index (χ1v) is 13.0. The number of aryl methyl sites for hydroxylation is 1. The molecule has 31 heavy (non-hydrogen) atoms. The molecule has 0 radical (unpaired) electrons. The summed E-state index contributed by atoms with van der Waals surface area (Å²) in [7, 11) is 0. The lowest BCUT2D eigenvalue weighted by Crippen LogP contribution is -2.47. The van der Waals surface area contributed by atoms with Gasteiger partial charge in [-0.1, -0.05) is 33.6 Å². The van der Waals surface area contributed by atoms with E-state index >= 15 is 0 Å². The maximum absolute atomic E-state index is 13.4. The highest BCUT2D eigenvalue weighted by atomic mass is 16.3. The van der Waals surface area contributed by atoms with Crippen molar-refractivity contribution in [1.82, 2.24) is 9.78 Å². The van der Waals surface area contributed by atoms with E-state index in [0.29, 0.717) is 18.2 Å². The second-order valence-corrected chi connectivity index (χ2v) is 11.6. The number of carbonyl (C=O) groups is 1. The molecule has 1 N–H and O–H groups in total. The largest absolute Gasteiger partial charge is 0.390 e. The van der Waals surface area contributed by atoms with Crippen molar-refractivity contribution < 1.29 is 9.90 Å². The lowest BCUT2D eigenvalue weighted by Gasteiger charge is -2.53. The first-order valence-electron chi connectivity index (χ1n) is 13.0. The molecule has 0 bridgehead atoms. The maximum atomic E-state index is 13.4. The van der Waals surface area contributed by atoms with Gasteiger partial charge in [-0.2, -0.15) is 5.10 Å². The van der Waals surface area contributed by atoms with Gasteiger partial charge in [0.1, 0.15) is 0 Å². The van der Waals surface area contributed by atoms with Crippen LogP contribution in [0.2, 0.25) is 0 Å².